The first kappa shape index (κ1) is 13.2. The van der Waals surface area contributed by atoms with Crippen LogP contribution in [0.15, 0.2) is 0 Å². The van der Waals surface area contributed by atoms with Crippen molar-refractivity contribution in [2.75, 3.05) is 12.3 Å². The molecule has 2 aliphatic carbocycles. The molecule has 2 fully saturated rings. The number of hydrogen-bond acceptors (Lipinski definition) is 3. The Morgan fingerprint density at radius 2 is 2.12 bits per heavy atom. The van der Waals surface area contributed by atoms with Crippen molar-refractivity contribution >= 4 is 17.7 Å². The Hall–Kier alpha value is -0.220. The quantitative estimate of drug-likeness (QED) is 0.731. The minimum atomic E-state index is 0.220. The first-order chi connectivity index (χ1) is 8.29. The van der Waals surface area contributed by atoms with Crippen LogP contribution >= 0.6 is 11.8 Å². The molecule has 2 atom stereocenters. The molecule has 4 heteroatoms. The van der Waals surface area contributed by atoms with E-state index < -0.39 is 0 Å². The summed E-state index contributed by atoms with van der Waals surface area (Å²) in [7, 11) is 0. The van der Waals surface area contributed by atoms with Gasteiger partial charge in [0.2, 0.25) is 5.91 Å². The van der Waals surface area contributed by atoms with Crippen LogP contribution in [0.4, 0.5) is 0 Å². The van der Waals surface area contributed by atoms with Gasteiger partial charge in [0.05, 0.1) is 0 Å². The van der Waals surface area contributed by atoms with E-state index in [0.29, 0.717) is 18.5 Å². The minimum absolute atomic E-state index is 0.220. The van der Waals surface area contributed by atoms with E-state index in [9.17, 15) is 4.79 Å². The fraction of sp³-hybridized carbons (Fsp3) is 0.923. The third-order valence-electron chi connectivity index (χ3n) is 3.53. The van der Waals surface area contributed by atoms with Gasteiger partial charge >= 0.3 is 0 Å². The molecule has 0 radical (unpaired) electrons. The lowest BCUT2D eigenvalue weighted by Crippen LogP contribution is -2.37. The highest BCUT2D eigenvalue weighted by Crippen LogP contribution is 2.29. The number of thioether (sulfide) groups is 1. The average molecular weight is 256 g/mol. The van der Waals surface area contributed by atoms with Crippen LogP contribution in [0.2, 0.25) is 0 Å². The van der Waals surface area contributed by atoms with Crippen LogP contribution in [-0.2, 0) is 4.79 Å². The number of carbonyl (C=O) groups is 1. The summed E-state index contributed by atoms with van der Waals surface area (Å²) in [6, 6.07) is 1.13. The van der Waals surface area contributed by atoms with E-state index in [1.54, 1.807) is 0 Å². The Balaban J connectivity index is 1.58. The first-order valence-corrected chi connectivity index (χ1v) is 7.99. The Bertz CT molecular complexity index is 256. The van der Waals surface area contributed by atoms with Gasteiger partial charge < -0.3 is 10.6 Å². The summed E-state index contributed by atoms with van der Waals surface area (Å²) in [4.78, 5) is 11.5. The standard InChI is InChI=1S/C13H24N2OS/c1-2-17-12-5-3-4-11(12)14-9-8-13(16)15-10-6-7-10/h10-12,14H,2-9H2,1H3,(H,15,16). The molecule has 0 heterocycles. The fourth-order valence-corrected chi connectivity index (χ4v) is 3.70. The van der Waals surface area contributed by atoms with E-state index in [4.69, 9.17) is 0 Å². The monoisotopic (exact) mass is 256 g/mol. The number of carbonyl (C=O) groups excluding carboxylic acids is 1. The predicted molar refractivity (Wildman–Crippen MR) is 73.3 cm³/mol. The maximum atomic E-state index is 11.5. The number of amides is 1. The van der Waals surface area contributed by atoms with Gasteiger partial charge in [-0.2, -0.15) is 11.8 Å². The smallest absolute Gasteiger partial charge is 0.221 e. The van der Waals surface area contributed by atoms with Crippen LogP contribution in [0.25, 0.3) is 0 Å². The second-order valence-corrected chi connectivity index (χ2v) is 6.59. The highest BCUT2D eigenvalue weighted by Gasteiger charge is 2.27. The van der Waals surface area contributed by atoms with Crippen LogP contribution in [0, 0.1) is 0 Å². The van der Waals surface area contributed by atoms with Gasteiger partial charge in [-0.25, -0.2) is 0 Å². The summed E-state index contributed by atoms with van der Waals surface area (Å²) < 4.78 is 0. The highest BCUT2D eigenvalue weighted by atomic mass is 32.2. The molecule has 3 nitrogen and oxygen atoms in total. The second-order valence-electron chi connectivity index (χ2n) is 5.08. The van der Waals surface area contributed by atoms with Gasteiger partial charge in [0.15, 0.2) is 0 Å². The van der Waals surface area contributed by atoms with Gasteiger partial charge in [-0.1, -0.05) is 13.3 Å². The Morgan fingerprint density at radius 1 is 1.29 bits per heavy atom. The van der Waals surface area contributed by atoms with Gasteiger partial charge in [-0.3, -0.25) is 4.79 Å². The summed E-state index contributed by atoms with van der Waals surface area (Å²) in [6.07, 6.45) is 6.94. The molecule has 98 valence electrons. The number of hydrogen-bond donors (Lipinski definition) is 2. The van der Waals surface area contributed by atoms with Crippen LogP contribution in [0.1, 0.15) is 45.4 Å². The van der Waals surface area contributed by atoms with Crippen molar-refractivity contribution in [3.05, 3.63) is 0 Å². The lowest BCUT2D eigenvalue weighted by molar-refractivity contribution is -0.121. The number of nitrogens with one attached hydrogen (secondary N) is 2. The summed E-state index contributed by atoms with van der Waals surface area (Å²) >= 11 is 2.06. The van der Waals surface area contributed by atoms with Crippen molar-refractivity contribution in [1.82, 2.24) is 10.6 Å². The van der Waals surface area contributed by atoms with E-state index in [0.717, 1.165) is 11.8 Å². The van der Waals surface area contributed by atoms with E-state index in [-0.39, 0.29) is 5.91 Å². The molecular formula is C13H24N2OS. The van der Waals surface area contributed by atoms with Gasteiger partial charge in [0.1, 0.15) is 0 Å². The van der Waals surface area contributed by atoms with Crippen LogP contribution in [0.5, 0.6) is 0 Å². The van der Waals surface area contributed by atoms with Crippen LogP contribution in [0.3, 0.4) is 0 Å². The molecule has 17 heavy (non-hydrogen) atoms. The van der Waals surface area contributed by atoms with Gasteiger partial charge in [0.25, 0.3) is 0 Å². The molecule has 0 aliphatic heterocycles. The van der Waals surface area contributed by atoms with Gasteiger partial charge in [-0.05, 0) is 31.4 Å². The van der Waals surface area contributed by atoms with E-state index >= 15 is 0 Å². The van der Waals surface area contributed by atoms with Crippen molar-refractivity contribution in [1.29, 1.82) is 0 Å². The van der Waals surface area contributed by atoms with Crippen molar-refractivity contribution in [3.63, 3.8) is 0 Å². The summed E-state index contributed by atoms with van der Waals surface area (Å²) in [5, 5.41) is 7.36. The fourth-order valence-electron chi connectivity index (χ4n) is 2.47. The summed E-state index contributed by atoms with van der Waals surface area (Å²) in [5.74, 6) is 1.42. The Kier molecular flexibility index (Phi) is 5.16. The third-order valence-corrected chi connectivity index (χ3v) is 4.86. The lowest BCUT2D eigenvalue weighted by atomic mass is 10.2. The zero-order valence-corrected chi connectivity index (χ0v) is 11.5. The van der Waals surface area contributed by atoms with Crippen LogP contribution < -0.4 is 10.6 Å². The summed E-state index contributed by atoms with van der Waals surface area (Å²) in [5.41, 5.74) is 0. The van der Waals surface area contributed by atoms with Crippen molar-refractivity contribution in [3.8, 4) is 0 Å². The zero-order chi connectivity index (χ0) is 12.1. The Labute approximate surface area is 108 Å². The van der Waals surface area contributed by atoms with Gasteiger partial charge in [-0.15, -0.1) is 0 Å². The summed E-state index contributed by atoms with van der Waals surface area (Å²) in [6.45, 7) is 3.06. The van der Waals surface area contributed by atoms with Crippen LogP contribution in [-0.4, -0.2) is 35.5 Å². The maximum Gasteiger partial charge on any atom is 0.221 e. The molecule has 2 aliphatic rings. The molecule has 0 aromatic carbocycles. The SMILES string of the molecule is CCSC1CCCC1NCCC(=O)NC1CC1. The normalized spacial score (nSPS) is 28.3. The lowest BCUT2D eigenvalue weighted by Gasteiger charge is -2.20. The third kappa shape index (κ3) is 4.51. The molecule has 0 saturated heterocycles. The Morgan fingerprint density at radius 3 is 2.82 bits per heavy atom. The molecule has 2 saturated carbocycles. The van der Waals surface area contributed by atoms with Gasteiger partial charge in [0, 0.05) is 30.3 Å². The van der Waals surface area contributed by atoms with Crippen molar-refractivity contribution in [2.24, 2.45) is 0 Å². The predicted octanol–water partition coefficient (Wildman–Crippen LogP) is 1.92. The van der Waals surface area contributed by atoms with Crippen molar-refractivity contribution in [2.45, 2.75) is 62.8 Å². The zero-order valence-electron chi connectivity index (χ0n) is 10.7. The molecular weight excluding hydrogens is 232 g/mol. The number of rotatable bonds is 7. The van der Waals surface area contributed by atoms with E-state index in [1.807, 2.05) is 0 Å². The maximum absolute atomic E-state index is 11.5. The molecule has 2 N–H and O–H groups in total. The molecule has 0 bridgehead atoms. The first-order valence-electron chi connectivity index (χ1n) is 6.94. The van der Waals surface area contributed by atoms with E-state index in [2.05, 4.69) is 29.3 Å². The van der Waals surface area contributed by atoms with E-state index in [1.165, 1.54) is 37.9 Å². The molecule has 2 unspecified atom stereocenters. The van der Waals surface area contributed by atoms with Crippen molar-refractivity contribution < 1.29 is 4.79 Å². The molecule has 0 aromatic heterocycles. The largest absolute Gasteiger partial charge is 0.353 e. The average Bonchev–Trinajstić information content (AvgIpc) is 3.00. The molecule has 0 aromatic rings. The second kappa shape index (κ2) is 6.64. The minimum Gasteiger partial charge on any atom is -0.353 e. The molecule has 1 amide bonds. The molecule has 2 rings (SSSR count). The topological polar surface area (TPSA) is 41.1 Å². The highest BCUT2D eigenvalue weighted by molar-refractivity contribution is 7.99. The molecule has 0 spiro atoms.